The van der Waals surface area contributed by atoms with E-state index in [1.54, 1.807) is 9.80 Å². The van der Waals surface area contributed by atoms with E-state index in [9.17, 15) is 9.59 Å². The van der Waals surface area contributed by atoms with Crippen LogP contribution in [0.5, 0.6) is 0 Å². The average molecular weight is 325 g/mol. The summed E-state index contributed by atoms with van der Waals surface area (Å²) in [5, 5.41) is 6.55. The summed E-state index contributed by atoms with van der Waals surface area (Å²) in [6, 6.07) is -0.192. The lowest BCUT2D eigenvalue weighted by molar-refractivity contribution is -0.135. The van der Waals surface area contributed by atoms with Crippen LogP contribution in [0.2, 0.25) is 0 Å². The highest BCUT2D eigenvalue weighted by Gasteiger charge is 2.22. The van der Waals surface area contributed by atoms with Crippen LogP contribution in [0.15, 0.2) is 4.52 Å². The van der Waals surface area contributed by atoms with E-state index >= 15 is 0 Å². The summed E-state index contributed by atoms with van der Waals surface area (Å²) < 4.78 is 9.90. The van der Waals surface area contributed by atoms with Crippen LogP contribution in [0.1, 0.15) is 25.1 Å². The van der Waals surface area contributed by atoms with Gasteiger partial charge in [0, 0.05) is 39.7 Å². The number of amides is 3. The molecule has 128 valence electrons. The quantitative estimate of drug-likeness (QED) is 0.819. The molecule has 1 saturated heterocycles. The summed E-state index contributed by atoms with van der Waals surface area (Å²) in [4.78, 5) is 31.6. The standard InChI is InChI=1S/C14H23N5O4/c1-3-11-16-12(23-17-11)9-15-14(21)19-6-4-5-18(7-8-19)13(20)10-22-2/h3-10H2,1-2H3,(H,15,21). The van der Waals surface area contributed by atoms with Crippen LogP contribution in [-0.4, -0.2) is 71.8 Å². The number of methoxy groups -OCH3 is 1. The number of aryl methyl sites for hydroxylation is 1. The van der Waals surface area contributed by atoms with E-state index < -0.39 is 0 Å². The number of nitrogens with zero attached hydrogens (tertiary/aromatic N) is 4. The largest absolute Gasteiger partial charge is 0.375 e. The summed E-state index contributed by atoms with van der Waals surface area (Å²) in [5.41, 5.74) is 0. The maximum Gasteiger partial charge on any atom is 0.317 e. The van der Waals surface area contributed by atoms with Crippen molar-refractivity contribution < 1.29 is 18.8 Å². The molecule has 1 aliphatic rings. The van der Waals surface area contributed by atoms with E-state index in [-0.39, 0.29) is 25.1 Å². The molecule has 0 aromatic carbocycles. The number of carbonyl (C=O) groups excluding carboxylic acids is 2. The van der Waals surface area contributed by atoms with Crippen molar-refractivity contribution in [3.05, 3.63) is 11.7 Å². The molecule has 0 aliphatic carbocycles. The molecule has 9 heteroatoms. The maximum atomic E-state index is 12.2. The van der Waals surface area contributed by atoms with Crippen molar-refractivity contribution in [2.45, 2.75) is 26.3 Å². The zero-order valence-electron chi connectivity index (χ0n) is 13.6. The topological polar surface area (TPSA) is 101 Å². The summed E-state index contributed by atoms with van der Waals surface area (Å²) >= 11 is 0. The summed E-state index contributed by atoms with van der Waals surface area (Å²) in [5.74, 6) is 0.964. The monoisotopic (exact) mass is 325 g/mol. The highest BCUT2D eigenvalue weighted by molar-refractivity contribution is 5.78. The highest BCUT2D eigenvalue weighted by Crippen LogP contribution is 2.05. The fourth-order valence-corrected chi connectivity index (χ4v) is 2.35. The maximum absolute atomic E-state index is 12.2. The predicted octanol–water partition coefficient (Wildman–Crippen LogP) is 0.0223. The van der Waals surface area contributed by atoms with Gasteiger partial charge >= 0.3 is 6.03 Å². The number of rotatable bonds is 5. The second-order valence-corrected chi connectivity index (χ2v) is 5.27. The third-order valence-electron chi connectivity index (χ3n) is 3.62. The van der Waals surface area contributed by atoms with Gasteiger partial charge < -0.3 is 24.4 Å². The third kappa shape index (κ3) is 4.92. The Bertz CT molecular complexity index is 533. The normalized spacial score (nSPS) is 15.4. The van der Waals surface area contributed by atoms with Crippen LogP contribution in [-0.2, 0) is 22.5 Å². The van der Waals surface area contributed by atoms with Crippen molar-refractivity contribution in [2.75, 3.05) is 39.9 Å². The molecule has 0 spiro atoms. The molecule has 23 heavy (non-hydrogen) atoms. The molecule has 1 aliphatic heterocycles. The average Bonchev–Trinajstić information content (AvgIpc) is 2.87. The lowest BCUT2D eigenvalue weighted by atomic mass is 10.4. The van der Waals surface area contributed by atoms with E-state index in [1.807, 2.05) is 6.92 Å². The first kappa shape index (κ1) is 17.2. The number of urea groups is 1. The molecule has 0 bridgehead atoms. The minimum Gasteiger partial charge on any atom is -0.375 e. The number of hydrogen-bond acceptors (Lipinski definition) is 6. The van der Waals surface area contributed by atoms with Gasteiger partial charge in [-0.1, -0.05) is 12.1 Å². The number of ether oxygens (including phenoxy) is 1. The van der Waals surface area contributed by atoms with Gasteiger partial charge in [0.25, 0.3) is 0 Å². The van der Waals surface area contributed by atoms with Crippen molar-refractivity contribution in [1.29, 1.82) is 0 Å². The Balaban J connectivity index is 1.79. The minimum absolute atomic E-state index is 0.0484. The van der Waals surface area contributed by atoms with Crippen molar-refractivity contribution in [1.82, 2.24) is 25.3 Å². The van der Waals surface area contributed by atoms with Gasteiger partial charge in [0.1, 0.15) is 6.61 Å². The van der Waals surface area contributed by atoms with Gasteiger partial charge in [-0.15, -0.1) is 0 Å². The van der Waals surface area contributed by atoms with Crippen LogP contribution in [0.4, 0.5) is 4.79 Å². The van der Waals surface area contributed by atoms with E-state index in [2.05, 4.69) is 15.5 Å². The zero-order valence-corrected chi connectivity index (χ0v) is 13.6. The Morgan fingerprint density at radius 1 is 1.26 bits per heavy atom. The van der Waals surface area contributed by atoms with Gasteiger partial charge in [0.15, 0.2) is 5.82 Å². The molecule has 0 atom stereocenters. The number of nitrogens with one attached hydrogen (secondary N) is 1. The first-order chi connectivity index (χ1) is 11.1. The first-order valence-corrected chi connectivity index (χ1v) is 7.75. The van der Waals surface area contributed by atoms with Gasteiger partial charge in [0.2, 0.25) is 11.8 Å². The van der Waals surface area contributed by atoms with Crippen LogP contribution in [0.25, 0.3) is 0 Å². The Morgan fingerprint density at radius 2 is 2.00 bits per heavy atom. The first-order valence-electron chi connectivity index (χ1n) is 7.75. The summed E-state index contributed by atoms with van der Waals surface area (Å²) in [6.07, 6.45) is 1.43. The SMILES string of the molecule is CCc1noc(CNC(=O)N2CCCN(C(=O)COC)CC2)n1. The van der Waals surface area contributed by atoms with E-state index in [0.29, 0.717) is 44.3 Å². The Labute approximate surface area is 134 Å². The molecule has 1 fully saturated rings. The second-order valence-electron chi connectivity index (χ2n) is 5.27. The molecular weight excluding hydrogens is 302 g/mol. The molecule has 0 saturated carbocycles. The summed E-state index contributed by atoms with van der Waals surface area (Å²) in [7, 11) is 1.50. The molecule has 1 aromatic rings. The number of hydrogen-bond donors (Lipinski definition) is 1. The number of aromatic nitrogens is 2. The van der Waals surface area contributed by atoms with E-state index in [0.717, 1.165) is 6.42 Å². The van der Waals surface area contributed by atoms with Crippen molar-refractivity contribution in [2.24, 2.45) is 0 Å². The lowest BCUT2D eigenvalue weighted by Crippen LogP contribution is -2.42. The molecule has 9 nitrogen and oxygen atoms in total. The highest BCUT2D eigenvalue weighted by atomic mass is 16.5. The Morgan fingerprint density at radius 3 is 2.70 bits per heavy atom. The van der Waals surface area contributed by atoms with Gasteiger partial charge in [-0.05, 0) is 6.42 Å². The van der Waals surface area contributed by atoms with Crippen LogP contribution in [0.3, 0.4) is 0 Å². The number of carbonyl (C=O) groups is 2. The predicted molar refractivity (Wildman–Crippen MR) is 80.6 cm³/mol. The van der Waals surface area contributed by atoms with Crippen molar-refractivity contribution >= 4 is 11.9 Å². The smallest absolute Gasteiger partial charge is 0.317 e. The summed E-state index contributed by atoms with van der Waals surface area (Å²) in [6.45, 7) is 4.45. The molecule has 1 N–H and O–H groups in total. The molecule has 0 radical (unpaired) electrons. The van der Waals surface area contributed by atoms with Crippen molar-refractivity contribution in [3.8, 4) is 0 Å². The van der Waals surface area contributed by atoms with Crippen LogP contribution < -0.4 is 5.32 Å². The van der Waals surface area contributed by atoms with Gasteiger partial charge in [0.05, 0.1) is 6.54 Å². The van der Waals surface area contributed by atoms with E-state index in [1.165, 1.54) is 7.11 Å². The second kappa shape index (κ2) is 8.47. The molecule has 3 amide bonds. The van der Waals surface area contributed by atoms with Crippen molar-refractivity contribution in [3.63, 3.8) is 0 Å². The molecule has 0 unspecified atom stereocenters. The lowest BCUT2D eigenvalue weighted by Gasteiger charge is -2.22. The molecule has 1 aromatic heterocycles. The van der Waals surface area contributed by atoms with Gasteiger partial charge in [-0.2, -0.15) is 4.98 Å². The Kier molecular flexibility index (Phi) is 6.33. The molecule has 2 rings (SSSR count). The van der Waals surface area contributed by atoms with Crippen LogP contribution >= 0.6 is 0 Å². The van der Waals surface area contributed by atoms with Gasteiger partial charge in [-0.25, -0.2) is 4.79 Å². The fourth-order valence-electron chi connectivity index (χ4n) is 2.35. The fraction of sp³-hybridized carbons (Fsp3) is 0.714. The molecule has 2 heterocycles. The Hall–Kier alpha value is -2.16. The molecular formula is C14H23N5O4. The zero-order chi connectivity index (χ0) is 16.7. The van der Waals surface area contributed by atoms with E-state index in [4.69, 9.17) is 9.26 Å². The minimum atomic E-state index is -0.192. The third-order valence-corrected chi connectivity index (χ3v) is 3.62. The van der Waals surface area contributed by atoms with Gasteiger partial charge in [-0.3, -0.25) is 4.79 Å². The van der Waals surface area contributed by atoms with Crippen LogP contribution in [0, 0.1) is 0 Å².